The highest BCUT2D eigenvalue weighted by Gasteiger charge is 2.25. The van der Waals surface area contributed by atoms with Crippen LogP contribution in [0.2, 0.25) is 0 Å². The number of halogens is 3. The highest BCUT2D eigenvalue weighted by atomic mass is 32.2. The second-order valence-electron chi connectivity index (χ2n) is 13.7. The number of nitrogens with one attached hydrogen (secondary N) is 2. The van der Waals surface area contributed by atoms with Crippen LogP contribution >= 0.6 is 0 Å². The minimum absolute atomic E-state index is 0.0946. The number of aryl methyl sites for hydroxylation is 5. The predicted octanol–water partition coefficient (Wildman–Crippen LogP) is 9.45. The molecule has 0 saturated heterocycles. The smallest absolute Gasteiger partial charge is 0.335 e. The van der Waals surface area contributed by atoms with Crippen molar-refractivity contribution in [3.05, 3.63) is 190 Å². The van der Waals surface area contributed by atoms with Gasteiger partial charge in [-0.25, -0.2) is 39.6 Å². The third kappa shape index (κ3) is 12.1. The van der Waals surface area contributed by atoms with E-state index < -0.39 is 54.3 Å². The molecule has 0 aliphatic heterocycles. The molecule has 0 aliphatic carbocycles. The van der Waals surface area contributed by atoms with Crippen LogP contribution in [0.1, 0.15) is 61.4 Å². The molecule has 0 atom stereocenters. The first-order valence-electron chi connectivity index (χ1n) is 18.6. The van der Waals surface area contributed by atoms with E-state index in [1.54, 1.807) is 67.6 Å². The molecule has 4 N–H and O–H groups in total. The molecule has 0 amide bonds. The summed E-state index contributed by atoms with van der Waals surface area (Å²) < 4.78 is 96.9. The maximum absolute atomic E-state index is 13.9. The molecule has 0 aliphatic rings. The van der Waals surface area contributed by atoms with E-state index in [-0.39, 0.29) is 21.7 Å². The summed E-state index contributed by atoms with van der Waals surface area (Å²) in [7, 11) is -8.39. The summed E-state index contributed by atoms with van der Waals surface area (Å²) >= 11 is 0. The third-order valence-electron chi connectivity index (χ3n) is 9.32. The molecular formula is C45H41F3N2O8S2. The molecule has 0 unspecified atom stereocenters. The second-order valence-corrected chi connectivity index (χ2v) is 17.0. The Balaban J connectivity index is 0.000000228. The highest BCUT2D eigenvalue weighted by molar-refractivity contribution is 7.93. The zero-order valence-electron chi connectivity index (χ0n) is 32.2. The normalized spacial score (nSPS) is 11.3. The lowest BCUT2D eigenvalue weighted by Gasteiger charge is -2.14. The Morgan fingerprint density at radius 2 is 0.983 bits per heavy atom. The first-order chi connectivity index (χ1) is 28.5. The lowest BCUT2D eigenvalue weighted by Crippen LogP contribution is -2.17. The fraction of sp³-hybridized carbons (Fsp3) is 0.156. The fourth-order valence-corrected chi connectivity index (χ4v) is 8.96. The summed E-state index contributed by atoms with van der Waals surface area (Å²) in [6.07, 6.45) is 3.65. The Bertz CT molecular complexity index is 2710. The SMILES string of the molecule is Cc1ccc(F)cc1S(=O)(=O)Nc1ccccc1CCCc1cccc(C(=O)O)c1.O=C(O)c1cccc(CCCc2ccccc2NS(=O)(=O)c2c(F)cccc2F)c1. The molecule has 60 heavy (non-hydrogen) atoms. The summed E-state index contributed by atoms with van der Waals surface area (Å²) in [6.45, 7) is 1.62. The molecule has 6 aromatic rings. The van der Waals surface area contributed by atoms with Gasteiger partial charge in [-0.1, -0.05) is 72.8 Å². The van der Waals surface area contributed by atoms with E-state index in [0.29, 0.717) is 55.3 Å². The maximum atomic E-state index is 13.9. The van der Waals surface area contributed by atoms with Crippen molar-refractivity contribution in [1.29, 1.82) is 0 Å². The van der Waals surface area contributed by atoms with Gasteiger partial charge in [0.1, 0.15) is 17.5 Å². The highest BCUT2D eigenvalue weighted by Crippen LogP contribution is 2.26. The minimum atomic E-state index is -4.45. The largest absolute Gasteiger partial charge is 0.478 e. The molecule has 10 nitrogen and oxygen atoms in total. The van der Waals surface area contributed by atoms with Gasteiger partial charge in [0.15, 0.2) is 4.90 Å². The molecule has 15 heteroatoms. The van der Waals surface area contributed by atoms with Crippen LogP contribution < -0.4 is 9.44 Å². The molecule has 312 valence electrons. The maximum Gasteiger partial charge on any atom is 0.335 e. The van der Waals surface area contributed by atoms with E-state index in [2.05, 4.69) is 9.44 Å². The summed E-state index contributed by atoms with van der Waals surface area (Å²) in [5.41, 5.74) is 4.81. The molecule has 0 aromatic heterocycles. The number of sulfonamides is 2. The monoisotopic (exact) mass is 858 g/mol. The number of carboxylic acids is 2. The Morgan fingerprint density at radius 1 is 0.533 bits per heavy atom. The summed E-state index contributed by atoms with van der Waals surface area (Å²) in [6, 6.07) is 33.6. The first kappa shape index (κ1) is 44.6. The van der Waals surface area contributed by atoms with Gasteiger partial charge in [-0.05, 0) is 134 Å². The van der Waals surface area contributed by atoms with Gasteiger partial charge in [0.25, 0.3) is 20.0 Å². The van der Waals surface area contributed by atoms with Crippen LogP contribution in [0, 0.1) is 24.4 Å². The Morgan fingerprint density at radius 3 is 1.47 bits per heavy atom. The van der Waals surface area contributed by atoms with Crippen LogP contribution in [0.3, 0.4) is 0 Å². The van der Waals surface area contributed by atoms with E-state index in [0.717, 1.165) is 41.0 Å². The molecule has 6 aromatic carbocycles. The van der Waals surface area contributed by atoms with Crippen molar-refractivity contribution in [2.45, 2.75) is 55.2 Å². The standard InChI is InChI=1S/C23H22FNO4S.C22H19F2NO4S/c1-16-12-13-20(24)15-22(16)30(28,29)25-21-11-3-2-8-18(21)9-4-6-17-7-5-10-19(14-17)23(26)27;23-18-11-5-12-19(24)21(18)30(28,29)25-20-13-2-1-8-16(20)9-3-6-15-7-4-10-17(14-15)22(26)27/h2-3,5,7-8,10-15,25H,4,6,9H2,1H3,(H,26,27);1-2,4-5,7-8,10-14,25H,3,6,9H2,(H,26,27). The lowest BCUT2D eigenvalue weighted by molar-refractivity contribution is 0.0686. The zero-order valence-corrected chi connectivity index (χ0v) is 33.9. The number of carboxylic acid groups (broad SMARTS) is 2. The van der Waals surface area contributed by atoms with Crippen LogP contribution in [0.15, 0.2) is 143 Å². The topological polar surface area (TPSA) is 167 Å². The number of para-hydroxylation sites is 2. The van der Waals surface area contributed by atoms with E-state index in [9.17, 15) is 39.6 Å². The van der Waals surface area contributed by atoms with Crippen LogP contribution in [-0.2, 0) is 45.7 Å². The number of hydrogen-bond acceptors (Lipinski definition) is 6. The molecule has 0 saturated carbocycles. The number of aromatic carboxylic acids is 2. The Hall–Kier alpha value is -6.45. The summed E-state index contributed by atoms with van der Waals surface area (Å²) in [4.78, 5) is 21.1. The summed E-state index contributed by atoms with van der Waals surface area (Å²) in [5, 5.41) is 18.2. The van der Waals surface area contributed by atoms with E-state index in [1.165, 1.54) is 24.3 Å². The molecular weight excluding hydrogens is 818 g/mol. The quantitative estimate of drug-likeness (QED) is 0.0747. The van der Waals surface area contributed by atoms with E-state index in [4.69, 9.17) is 10.2 Å². The molecule has 0 bridgehead atoms. The van der Waals surface area contributed by atoms with Gasteiger partial charge in [0.05, 0.1) is 27.4 Å². The van der Waals surface area contributed by atoms with Gasteiger partial charge in [0.2, 0.25) is 0 Å². The molecule has 0 spiro atoms. The van der Waals surface area contributed by atoms with Crippen molar-refractivity contribution < 1.29 is 49.8 Å². The Kier molecular flexibility index (Phi) is 14.9. The van der Waals surface area contributed by atoms with Crippen LogP contribution in [-0.4, -0.2) is 39.0 Å². The summed E-state index contributed by atoms with van der Waals surface area (Å²) in [5.74, 6) is -4.92. The van der Waals surface area contributed by atoms with Crippen LogP contribution in [0.4, 0.5) is 24.5 Å². The van der Waals surface area contributed by atoms with E-state index in [1.807, 2.05) is 24.3 Å². The van der Waals surface area contributed by atoms with Crippen LogP contribution in [0.25, 0.3) is 0 Å². The van der Waals surface area contributed by atoms with Crippen molar-refractivity contribution in [3.8, 4) is 0 Å². The van der Waals surface area contributed by atoms with Crippen molar-refractivity contribution in [1.82, 2.24) is 0 Å². The minimum Gasteiger partial charge on any atom is -0.478 e. The Labute approximate surface area is 346 Å². The fourth-order valence-electron chi connectivity index (χ4n) is 6.36. The first-order valence-corrected chi connectivity index (χ1v) is 21.6. The molecule has 0 radical (unpaired) electrons. The van der Waals surface area contributed by atoms with Gasteiger partial charge in [-0.2, -0.15) is 0 Å². The molecule has 6 rings (SSSR count). The van der Waals surface area contributed by atoms with Crippen molar-refractivity contribution in [2.24, 2.45) is 0 Å². The lowest BCUT2D eigenvalue weighted by atomic mass is 10.0. The van der Waals surface area contributed by atoms with Crippen LogP contribution in [0.5, 0.6) is 0 Å². The van der Waals surface area contributed by atoms with Gasteiger partial charge in [-0.15, -0.1) is 0 Å². The zero-order chi connectivity index (χ0) is 43.5. The third-order valence-corrected chi connectivity index (χ3v) is 12.2. The average Bonchev–Trinajstić information content (AvgIpc) is 3.20. The van der Waals surface area contributed by atoms with Crippen molar-refractivity contribution >= 4 is 43.4 Å². The second kappa shape index (κ2) is 20.0. The van der Waals surface area contributed by atoms with Crippen molar-refractivity contribution in [3.63, 3.8) is 0 Å². The number of rotatable bonds is 16. The number of hydrogen-bond donors (Lipinski definition) is 4. The van der Waals surface area contributed by atoms with Gasteiger partial charge >= 0.3 is 11.9 Å². The van der Waals surface area contributed by atoms with Gasteiger partial charge in [-0.3, -0.25) is 9.44 Å². The molecule has 0 heterocycles. The van der Waals surface area contributed by atoms with Gasteiger partial charge < -0.3 is 10.2 Å². The van der Waals surface area contributed by atoms with E-state index >= 15 is 0 Å². The molecule has 0 fully saturated rings. The number of benzene rings is 6. The average molecular weight is 859 g/mol. The van der Waals surface area contributed by atoms with Gasteiger partial charge in [0, 0.05) is 0 Å². The van der Waals surface area contributed by atoms with Crippen molar-refractivity contribution in [2.75, 3.05) is 9.44 Å². The number of carbonyl (C=O) groups is 2. The number of anilines is 2. The predicted molar refractivity (Wildman–Crippen MR) is 223 cm³/mol.